The van der Waals surface area contributed by atoms with Crippen molar-refractivity contribution in [1.82, 2.24) is 20.5 Å². The molecule has 2 aromatic carbocycles. The topological polar surface area (TPSA) is 150 Å². The Kier molecular flexibility index (Phi) is 9.71. The number of nitriles is 1. The predicted molar refractivity (Wildman–Crippen MR) is 133 cm³/mol. The van der Waals surface area contributed by atoms with Gasteiger partial charge in [-0.1, -0.05) is 12.1 Å². The lowest BCUT2D eigenvalue weighted by Gasteiger charge is -2.26. The second-order valence-electron chi connectivity index (χ2n) is 7.64. The fourth-order valence-corrected chi connectivity index (χ4v) is 4.75. The van der Waals surface area contributed by atoms with Crippen molar-refractivity contribution in [3.05, 3.63) is 59.7 Å². The van der Waals surface area contributed by atoms with Crippen LogP contribution in [0.25, 0.3) is 0 Å². The van der Waals surface area contributed by atoms with Crippen LogP contribution in [0.2, 0.25) is 0 Å². The molecule has 0 atom stereocenters. The lowest BCUT2D eigenvalue weighted by Crippen LogP contribution is -2.49. The molecule has 36 heavy (non-hydrogen) atoms. The molecule has 2 amide bonds. The quantitative estimate of drug-likeness (QED) is 0.329. The minimum atomic E-state index is -3.57. The summed E-state index contributed by atoms with van der Waals surface area (Å²) in [6.07, 6.45) is 0.476. The fraction of sp³-hybridized carbons (Fsp3) is 0.304. The molecule has 3 N–H and O–H groups in total. The summed E-state index contributed by atoms with van der Waals surface area (Å²) in [6.45, 7) is 1.09. The van der Waals surface area contributed by atoms with Gasteiger partial charge in [0, 0.05) is 19.5 Å². The SMILES string of the molecule is N#Cc1ccc(OCC(=O)NNC(=S)NC(=O)CCc2ccc(S(=O)(=O)N3CCOCC3)cc2)cc1. The van der Waals surface area contributed by atoms with Crippen LogP contribution in [0.15, 0.2) is 53.4 Å². The van der Waals surface area contributed by atoms with Gasteiger partial charge in [0.1, 0.15) is 5.75 Å². The Hall–Kier alpha value is -3.57. The maximum Gasteiger partial charge on any atom is 0.276 e. The lowest BCUT2D eigenvalue weighted by molar-refractivity contribution is -0.124. The molecule has 0 unspecified atom stereocenters. The zero-order valence-electron chi connectivity index (χ0n) is 19.2. The van der Waals surface area contributed by atoms with E-state index in [4.69, 9.17) is 27.0 Å². The first kappa shape index (κ1) is 27.0. The Labute approximate surface area is 214 Å². The van der Waals surface area contributed by atoms with Gasteiger partial charge in [-0.3, -0.25) is 20.4 Å². The second kappa shape index (κ2) is 12.9. The smallest absolute Gasteiger partial charge is 0.276 e. The number of thiocarbonyl (C=S) groups is 1. The number of rotatable bonds is 8. The molecule has 190 valence electrons. The molecule has 2 aromatic rings. The molecule has 1 heterocycles. The normalized spacial score (nSPS) is 13.8. The summed E-state index contributed by atoms with van der Waals surface area (Å²) in [6, 6.07) is 14.7. The summed E-state index contributed by atoms with van der Waals surface area (Å²) in [7, 11) is -3.57. The number of ether oxygens (including phenoxy) is 2. The van der Waals surface area contributed by atoms with E-state index in [9.17, 15) is 18.0 Å². The maximum absolute atomic E-state index is 12.7. The Bertz CT molecular complexity index is 1220. The van der Waals surface area contributed by atoms with Crippen molar-refractivity contribution in [3.8, 4) is 11.8 Å². The first-order valence-corrected chi connectivity index (χ1v) is 12.8. The first-order chi connectivity index (χ1) is 17.3. The number of nitrogens with one attached hydrogen (secondary N) is 3. The minimum Gasteiger partial charge on any atom is -0.484 e. The number of morpholine rings is 1. The molecule has 0 radical (unpaired) electrons. The maximum atomic E-state index is 12.7. The van der Waals surface area contributed by atoms with E-state index in [1.165, 1.54) is 16.4 Å². The Morgan fingerprint density at radius 2 is 1.69 bits per heavy atom. The average Bonchev–Trinajstić information content (AvgIpc) is 2.90. The number of nitrogens with zero attached hydrogens (tertiary/aromatic N) is 2. The largest absolute Gasteiger partial charge is 0.484 e. The molecule has 3 rings (SSSR count). The van der Waals surface area contributed by atoms with Gasteiger partial charge in [-0.15, -0.1) is 0 Å². The van der Waals surface area contributed by atoms with Crippen molar-refractivity contribution in [2.24, 2.45) is 0 Å². The summed E-state index contributed by atoms with van der Waals surface area (Å²) in [5, 5.41) is 11.1. The molecule has 1 aliphatic heterocycles. The first-order valence-electron chi connectivity index (χ1n) is 11.0. The Morgan fingerprint density at radius 3 is 2.33 bits per heavy atom. The average molecular weight is 532 g/mol. The zero-order chi connectivity index (χ0) is 26.0. The van der Waals surface area contributed by atoms with Crippen molar-refractivity contribution in [2.45, 2.75) is 17.7 Å². The van der Waals surface area contributed by atoms with Crippen molar-refractivity contribution in [2.75, 3.05) is 32.9 Å². The van der Waals surface area contributed by atoms with Crippen molar-refractivity contribution >= 4 is 39.2 Å². The summed E-state index contributed by atoms with van der Waals surface area (Å²) >= 11 is 5.00. The number of benzene rings is 2. The third kappa shape index (κ3) is 7.99. The molecule has 0 aliphatic carbocycles. The van der Waals surface area contributed by atoms with Gasteiger partial charge in [-0.2, -0.15) is 9.57 Å². The number of hydrazine groups is 1. The summed E-state index contributed by atoms with van der Waals surface area (Å²) in [4.78, 5) is 24.2. The van der Waals surface area contributed by atoms with E-state index in [-0.39, 0.29) is 28.9 Å². The van der Waals surface area contributed by atoms with Gasteiger partial charge in [0.25, 0.3) is 5.91 Å². The van der Waals surface area contributed by atoms with E-state index in [1.54, 1.807) is 36.4 Å². The van der Waals surface area contributed by atoms with E-state index >= 15 is 0 Å². The number of aryl methyl sites for hydroxylation is 1. The number of carbonyl (C=O) groups excluding carboxylic acids is 2. The van der Waals surface area contributed by atoms with Gasteiger partial charge in [0.15, 0.2) is 11.7 Å². The zero-order valence-corrected chi connectivity index (χ0v) is 20.9. The van der Waals surface area contributed by atoms with Crippen LogP contribution in [-0.2, 0) is 30.8 Å². The van der Waals surface area contributed by atoms with Crippen LogP contribution in [-0.4, -0.2) is 62.6 Å². The van der Waals surface area contributed by atoms with Gasteiger partial charge in [-0.05, 0) is 60.6 Å². The monoisotopic (exact) mass is 531 g/mol. The molecule has 0 aromatic heterocycles. The number of hydrogen-bond acceptors (Lipinski definition) is 8. The number of hydrogen-bond donors (Lipinski definition) is 3. The molecule has 0 bridgehead atoms. The predicted octanol–water partition coefficient (Wildman–Crippen LogP) is 0.613. The molecule has 1 aliphatic rings. The minimum absolute atomic E-state index is 0.0846. The molecule has 1 saturated heterocycles. The van der Waals surface area contributed by atoms with Crippen LogP contribution < -0.4 is 20.9 Å². The van der Waals surface area contributed by atoms with Gasteiger partial charge < -0.3 is 14.8 Å². The van der Waals surface area contributed by atoms with Gasteiger partial charge in [-0.25, -0.2) is 8.42 Å². The molecule has 13 heteroatoms. The van der Waals surface area contributed by atoms with Crippen LogP contribution in [0.1, 0.15) is 17.5 Å². The Morgan fingerprint density at radius 1 is 1.03 bits per heavy atom. The van der Waals surface area contributed by atoms with Crippen LogP contribution in [0, 0.1) is 11.3 Å². The van der Waals surface area contributed by atoms with Crippen LogP contribution in [0.5, 0.6) is 5.75 Å². The van der Waals surface area contributed by atoms with Crippen molar-refractivity contribution in [3.63, 3.8) is 0 Å². The molecule has 0 spiro atoms. The summed E-state index contributed by atoms with van der Waals surface area (Å²) in [5.41, 5.74) is 5.99. The second-order valence-corrected chi connectivity index (χ2v) is 9.98. The molecular formula is C23H25N5O6S2. The van der Waals surface area contributed by atoms with E-state index in [0.29, 0.717) is 44.0 Å². The van der Waals surface area contributed by atoms with Crippen molar-refractivity contribution < 1.29 is 27.5 Å². The van der Waals surface area contributed by atoms with Crippen molar-refractivity contribution in [1.29, 1.82) is 5.26 Å². The van der Waals surface area contributed by atoms with Crippen LogP contribution in [0.3, 0.4) is 0 Å². The van der Waals surface area contributed by atoms with Gasteiger partial charge >= 0.3 is 0 Å². The molecule has 11 nitrogen and oxygen atoms in total. The molecular weight excluding hydrogens is 506 g/mol. The molecule has 0 saturated carbocycles. The number of carbonyl (C=O) groups is 2. The highest BCUT2D eigenvalue weighted by atomic mass is 32.2. The third-order valence-electron chi connectivity index (χ3n) is 5.09. The van der Waals surface area contributed by atoms with E-state index in [1.807, 2.05) is 6.07 Å². The van der Waals surface area contributed by atoms with E-state index < -0.39 is 15.9 Å². The summed E-state index contributed by atoms with van der Waals surface area (Å²) < 4.78 is 37.2. The standard InChI is InChI=1S/C23H25N5O6S2/c24-15-18-1-6-19(7-2-18)34-16-22(30)26-27-23(35)25-21(29)10-5-17-3-8-20(9-4-17)36(31,32)28-11-13-33-14-12-28/h1-4,6-9H,5,10-14,16H2,(H,26,30)(H2,25,27,29,35). The summed E-state index contributed by atoms with van der Waals surface area (Å²) in [5.74, 6) is -0.476. The van der Waals surface area contributed by atoms with Gasteiger partial charge in [0.2, 0.25) is 15.9 Å². The van der Waals surface area contributed by atoms with E-state index in [2.05, 4.69) is 16.2 Å². The number of sulfonamides is 1. The highest BCUT2D eigenvalue weighted by molar-refractivity contribution is 7.89. The van der Waals surface area contributed by atoms with E-state index in [0.717, 1.165) is 5.56 Å². The highest BCUT2D eigenvalue weighted by Crippen LogP contribution is 2.18. The fourth-order valence-electron chi connectivity index (χ4n) is 3.18. The lowest BCUT2D eigenvalue weighted by atomic mass is 10.1. The van der Waals surface area contributed by atoms with Crippen LogP contribution in [0.4, 0.5) is 0 Å². The van der Waals surface area contributed by atoms with Crippen LogP contribution >= 0.6 is 12.2 Å². The number of amides is 2. The third-order valence-corrected chi connectivity index (χ3v) is 7.21. The molecule has 1 fully saturated rings. The Balaban J connectivity index is 1.36. The van der Waals surface area contributed by atoms with Gasteiger partial charge in [0.05, 0.1) is 29.7 Å². The highest BCUT2D eigenvalue weighted by Gasteiger charge is 2.26.